The zero-order valence-electron chi connectivity index (χ0n) is 22.0. The third-order valence-corrected chi connectivity index (χ3v) is 5.75. The van der Waals surface area contributed by atoms with Gasteiger partial charge in [0.2, 0.25) is 5.88 Å². The lowest BCUT2D eigenvalue weighted by atomic mass is 9.96. The van der Waals surface area contributed by atoms with Crippen LogP contribution in [0.4, 0.5) is 33.5 Å². The molecule has 0 spiro atoms. The largest absolute Gasteiger partial charge is 0.474 e. The maximum atomic E-state index is 16.0. The number of aromatic nitrogens is 3. The SMILES string of the molecule is CC.Cc1c(F)c(N)cc(-c2nc3c4c(nc(OCCO)nc4c2F)NCCNCCC(C)O3)c1C(F)(F)F. The van der Waals surface area contributed by atoms with Gasteiger partial charge < -0.3 is 30.9 Å². The number of anilines is 2. The van der Waals surface area contributed by atoms with Gasteiger partial charge in [-0.15, -0.1) is 0 Å². The molecule has 4 rings (SSSR count). The summed E-state index contributed by atoms with van der Waals surface area (Å²) in [7, 11) is 0. The summed E-state index contributed by atoms with van der Waals surface area (Å²) in [5.41, 5.74) is 0.835. The zero-order valence-corrected chi connectivity index (χ0v) is 22.0. The standard InChI is InChI=1S/C23H25F5N6O3.C2H6/c1-10-3-4-30-5-6-31-20-14-19(33-22(34-20)36-8-7-35)17(25)18(32-21(14)37-10)12-9-13(29)16(24)11(2)15(12)23(26,27)28;1-2/h9-10,30,35H,3-8,29H2,1-2H3,(H,31,33,34);1-2H3. The molecule has 1 atom stereocenters. The number of nitrogens with one attached hydrogen (secondary N) is 2. The molecule has 0 aliphatic carbocycles. The van der Waals surface area contributed by atoms with Crippen molar-refractivity contribution < 1.29 is 36.5 Å². The second kappa shape index (κ2) is 12.6. The molecular weight excluding hydrogens is 527 g/mol. The molecule has 39 heavy (non-hydrogen) atoms. The van der Waals surface area contributed by atoms with Crippen molar-refractivity contribution >= 4 is 22.4 Å². The molecule has 1 aliphatic rings. The predicted octanol–water partition coefficient (Wildman–Crippen LogP) is 4.45. The molecule has 214 valence electrons. The lowest BCUT2D eigenvalue weighted by Crippen LogP contribution is -2.26. The van der Waals surface area contributed by atoms with E-state index in [2.05, 4.69) is 25.6 Å². The Labute approximate surface area is 221 Å². The maximum Gasteiger partial charge on any atom is 0.417 e. The number of nitrogens with two attached hydrogens (primary N) is 1. The quantitative estimate of drug-likeness (QED) is 0.271. The lowest BCUT2D eigenvalue weighted by Gasteiger charge is -2.21. The van der Waals surface area contributed by atoms with Crippen LogP contribution in [0.15, 0.2) is 6.07 Å². The smallest absolute Gasteiger partial charge is 0.417 e. The molecule has 9 nitrogen and oxygen atoms in total. The molecule has 1 aliphatic heterocycles. The fraction of sp³-hybridized carbons (Fsp3) is 0.480. The van der Waals surface area contributed by atoms with E-state index in [1.54, 1.807) is 6.92 Å². The molecule has 0 saturated heterocycles. The van der Waals surface area contributed by atoms with Crippen LogP contribution in [0.2, 0.25) is 0 Å². The minimum Gasteiger partial charge on any atom is -0.474 e. The number of pyridine rings is 1. The zero-order chi connectivity index (χ0) is 28.9. The third kappa shape index (κ3) is 6.38. The van der Waals surface area contributed by atoms with Crippen molar-refractivity contribution in [2.45, 2.75) is 46.4 Å². The van der Waals surface area contributed by atoms with Gasteiger partial charge in [-0.2, -0.15) is 23.1 Å². The topological polar surface area (TPSA) is 127 Å². The molecule has 3 aromatic rings. The molecule has 3 heterocycles. The molecule has 5 N–H and O–H groups in total. The van der Waals surface area contributed by atoms with E-state index in [4.69, 9.17) is 20.3 Å². The molecule has 0 radical (unpaired) electrons. The van der Waals surface area contributed by atoms with E-state index in [0.717, 1.165) is 6.92 Å². The first-order valence-corrected chi connectivity index (χ1v) is 12.4. The third-order valence-electron chi connectivity index (χ3n) is 5.75. The lowest BCUT2D eigenvalue weighted by molar-refractivity contribution is -0.137. The van der Waals surface area contributed by atoms with Crippen LogP contribution >= 0.6 is 0 Å². The highest BCUT2D eigenvalue weighted by atomic mass is 19.4. The highest BCUT2D eigenvalue weighted by Gasteiger charge is 2.39. The van der Waals surface area contributed by atoms with Gasteiger partial charge in [-0.05, 0) is 38.4 Å². The van der Waals surface area contributed by atoms with E-state index in [-0.39, 0.29) is 36.3 Å². The Bertz CT molecular complexity index is 1320. The van der Waals surface area contributed by atoms with Crippen molar-refractivity contribution in [3.63, 3.8) is 0 Å². The highest BCUT2D eigenvalue weighted by Crippen LogP contribution is 2.44. The van der Waals surface area contributed by atoms with Crippen molar-refractivity contribution in [1.82, 2.24) is 20.3 Å². The van der Waals surface area contributed by atoms with Gasteiger partial charge in [0.25, 0.3) is 0 Å². The fourth-order valence-corrected chi connectivity index (χ4v) is 4.03. The van der Waals surface area contributed by atoms with Crippen LogP contribution < -0.4 is 25.8 Å². The van der Waals surface area contributed by atoms with Gasteiger partial charge in [-0.3, -0.25) is 0 Å². The molecule has 1 aromatic carbocycles. The first-order chi connectivity index (χ1) is 18.5. The van der Waals surface area contributed by atoms with Crippen LogP contribution in [-0.2, 0) is 6.18 Å². The van der Waals surface area contributed by atoms with Crippen molar-refractivity contribution in [3.05, 3.63) is 28.8 Å². The second-order valence-corrected chi connectivity index (χ2v) is 8.45. The van der Waals surface area contributed by atoms with E-state index < -0.39 is 57.5 Å². The summed E-state index contributed by atoms with van der Waals surface area (Å²) in [5.74, 6) is -2.64. The van der Waals surface area contributed by atoms with E-state index in [1.165, 1.54) is 0 Å². The molecule has 0 amide bonds. The number of benzene rings is 1. The van der Waals surface area contributed by atoms with Crippen LogP contribution in [0.25, 0.3) is 22.2 Å². The molecule has 0 bridgehead atoms. The highest BCUT2D eigenvalue weighted by molar-refractivity contribution is 5.96. The van der Waals surface area contributed by atoms with E-state index in [9.17, 15) is 17.6 Å². The number of nitrogen functional groups attached to an aromatic ring is 1. The number of hydrogen-bond donors (Lipinski definition) is 4. The Kier molecular flexibility index (Phi) is 9.67. The minimum atomic E-state index is -5.05. The molecule has 0 saturated carbocycles. The molecule has 14 heteroatoms. The number of alkyl halides is 3. The molecule has 0 fully saturated rings. The average Bonchev–Trinajstić information content (AvgIpc) is 2.92. The van der Waals surface area contributed by atoms with Gasteiger partial charge in [0, 0.05) is 18.7 Å². The number of nitrogens with zero attached hydrogens (tertiary/aromatic N) is 3. The Morgan fingerprint density at radius 3 is 2.51 bits per heavy atom. The Morgan fingerprint density at radius 1 is 1.13 bits per heavy atom. The first-order valence-electron chi connectivity index (χ1n) is 12.4. The van der Waals surface area contributed by atoms with Gasteiger partial charge >= 0.3 is 12.2 Å². The maximum absolute atomic E-state index is 16.0. The van der Waals surface area contributed by atoms with E-state index in [0.29, 0.717) is 32.1 Å². The summed E-state index contributed by atoms with van der Waals surface area (Å²) in [6, 6.07) is 0.366. The number of aliphatic hydroxyl groups excluding tert-OH is 1. The Morgan fingerprint density at radius 2 is 1.85 bits per heavy atom. The van der Waals surface area contributed by atoms with E-state index in [1.807, 2.05) is 13.8 Å². The molecule has 2 aromatic heterocycles. The number of halogens is 5. The van der Waals surface area contributed by atoms with Gasteiger partial charge in [0.15, 0.2) is 5.82 Å². The Balaban J connectivity index is 0.00000205. The number of hydrogen-bond acceptors (Lipinski definition) is 9. The van der Waals surface area contributed by atoms with Gasteiger partial charge in [-0.25, -0.2) is 13.8 Å². The molecule has 1 unspecified atom stereocenters. The summed E-state index contributed by atoms with van der Waals surface area (Å²) in [6.45, 7) is 7.49. The van der Waals surface area contributed by atoms with Gasteiger partial charge in [0.1, 0.15) is 34.8 Å². The molecular formula is C25H31F5N6O3. The van der Waals surface area contributed by atoms with Gasteiger partial charge in [-0.1, -0.05) is 13.8 Å². The van der Waals surface area contributed by atoms with Crippen molar-refractivity contribution in [3.8, 4) is 23.1 Å². The fourth-order valence-electron chi connectivity index (χ4n) is 4.03. The summed E-state index contributed by atoms with van der Waals surface area (Å²) >= 11 is 0. The summed E-state index contributed by atoms with van der Waals surface area (Å²) in [4.78, 5) is 12.4. The van der Waals surface area contributed by atoms with Crippen LogP contribution in [0.1, 0.15) is 38.3 Å². The number of rotatable bonds is 4. The Hall–Kier alpha value is -3.52. The van der Waals surface area contributed by atoms with Crippen LogP contribution in [0, 0.1) is 18.6 Å². The van der Waals surface area contributed by atoms with E-state index >= 15 is 4.39 Å². The van der Waals surface area contributed by atoms with Crippen LogP contribution in [0.5, 0.6) is 11.9 Å². The number of ether oxygens (including phenoxy) is 2. The van der Waals surface area contributed by atoms with Crippen LogP contribution in [0.3, 0.4) is 0 Å². The van der Waals surface area contributed by atoms with Crippen molar-refractivity contribution in [1.29, 1.82) is 0 Å². The normalized spacial score (nSPS) is 15.9. The monoisotopic (exact) mass is 558 g/mol. The summed E-state index contributed by atoms with van der Waals surface area (Å²) in [6.07, 6.45) is -5.01. The minimum absolute atomic E-state index is 0.00767. The second-order valence-electron chi connectivity index (χ2n) is 8.45. The van der Waals surface area contributed by atoms with Crippen molar-refractivity contribution in [2.75, 3.05) is 43.9 Å². The van der Waals surface area contributed by atoms with Crippen molar-refractivity contribution in [2.24, 2.45) is 0 Å². The first kappa shape index (κ1) is 30.0. The van der Waals surface area contributed by atoms with Gasteiger partial charge in [0.05, 0.1) is 24.0 Å². The average molecular weight is 559 g/mol. The predicted molar refractivity (Wildman–Crippen MR) is 137 cm³/mol. The number of aliphatic hydroxyl groups is 1. The van der Waals surface area contributed by atoms with Crippen LogP contribution in [-0.4, -0.2) is 59.0 Å². The summed E-state index contributed by atoms with van der Waals surface area (Å²) in [5, 5.41) is 15.3. The summed E-state index contributed by atoms with van der Waals surface area (Å²) < 4.78 is 83.8.